The summed E-state index contributed by atoms with van der Waals surface area (Å²) in [5, 5.41) is 3.10. The Hall–Kier alpha value is -1.18. The molecular formula is C12H16IN5. The molecular weight excluding hydrogens is 341 g/mol. The highest BCUT2D eigenvalue weighted by atomic mass is 127. The van der Waals surface area contributed by atoms with Gasteiger partial charge in [-0.15, -0.1) is 0 Å². The van der Waals surface area contributed by atoms with Crippen molar-refractivity contribution in [2.45, 2.75) is 26.8 Å². The number of rotatable bonds is 4. The molecule has 0 aliphatic heterocycles. The minimum Gasteiger partial charge on any atom is -0.372 e. The first-order chi connectivity index (χ1) is 8.67. The van der Waals surface area contributed by atoms with Crippen LogP contribution in [0.1, 0.15) is 19.0 Å². The fourth-order valence-corrected chi connectivity index (χ4v) is 2.28. The van der Waals surface area contributed by atoms with E-state index < -0.39 is 0 Å². The molecule has 18 heavy (non-hydrogen) atoms. The zero-order chi connectivity index (χ0) is 13.1. The molecule has 0 aliphatic carbocycles. The molecule has 2 aromatic heterocycles. The van der Waals surface area contributed by atoms with E-state index in [0.717, 1.165) is 39.6 Å². The van der Waals surface area contributed by atoms with Crippen LogP contribution in [0.15, 0.2) is 12.5 Å². The molecule has 0 radical (unpaired) electrons. The predicted molar refractivity (Wildman–Crippen MR) is 80.5 cm³/mol. The summed E-state index contributed by atoms with van der Waals surface area (Å²) >= 11 is 2.25. The van der Waals surface area contributed by atoms with Crippen LogP contribution in [0.2, 0.25) is 0 Å². The molecule has 2 aromatic rings. The summed E-state index contributed by atoms with van der Waals surface area (Å²) in [5.41, 5.74) is 1.95. The number of aryl methyl sites for hydroxylation is 2. The lowest BCUT2D eigenvalue weighted by atomic mass is 10.3. The number of hydrogen-bond acceptors (Lipinski definition) is 4. The molecule has 5 nitrogen and oxygen atoms in total. The van der Waals surface area contributed by atoms with Crippen LogP contribution in [-0.4, -0.2) is 26.6 Å². The lowest BCUT2D eigenvalue weighted by molar-refractivity contribution is 0.681. The summed E-state index contributed by atoms with van der Waals surface area (Å²) in [6.07, 6.45) is 4.71. The van der Waals surface area contributed by atoms with Crippen molar-refractivity contribution < 1.29 is 0 Å². The quantitative estimate of drug-likeness (QED) is 0.855. The maximum Gasteiger partial charge on any atom is 0.180 e. The number of hydrogen-bond donors (Lipinski definition) is 1. The Morgan fingerprint density at radius 1 is 1.39 bits per heavy atom. The van der Waals surface area contributed by atoms with E-state index in [0.29, 0.717) is 0 Å². The topological polar surface area (TPSA) is 55.6 Å². The maximum absolute atomic E-state index is 4.55. The zero-order valence-electron chi connectivity index (χ0n) is 10.7. The second-order valence-electron chi connectivity index (χ2n) is 4.02. The molecule has 0 saturated heterocycles. The molecule has 0 aromatic carbocycles. The van der Waals surface area contributed by atoms with E-state index >= 15 is 0 Å². The predicted octanol–water partition coefficient (Wildman–Crippen LogP) is 2.70. The lowest BCUT2D eigenvalue weighted by Gasteiger charge is -2.10. The molecule has 0 atom stereocenters. The van der Waals surface area contributed by atoms with E-state index in [1.807, 2.05) is 26.5 Å². The minimum atomic E-state index is 0.725. The smallest absolute Gasteiger partial charge is 0.180 e. The van der Waals surface area contributed by atoms with Gasteiger partial charge in [-0.1, -0.05) is 6.92 Å². The van der Waals surface area contributed by atoms with Crippen LogP contribution >= 0.6 is 22.6 Å². The van der Waals surface area contributed by atoms with Crippen molar-refractivity contribution in [1.82, 2.24) is 19.5 Å². The minimum absolute atomic E-state index is 0.725. The number of halogens is 1. The number of anilines is 1. The van der Waals surface area contributed by atoms with E-state index in [2.05, 4.69) is 54.4 Å². The van der Waals surface area contributed by atoms with Crippen LogP contribution < -0.4 is 5.32 Å². The molecule has 0 unspecified atom stereocenters. The van der Waals surface area contributed by atoms with Crippen molar-refractivity contribution in [3.8, 4) is 11.5 Å². The van der Waals surface area contributed by atoms with E-state index in [9.17, 15) is 0 Å². The van der Waals surface area contributed by atoms with Gasteiger partial charge in [0, 0.05) is 13.6 Å². The lowest BCUT2D eigenvalue weighted by Crippen LogP contribution is -2.05. The SMILES string of the molecule is CCCn1cncc1-c1nc(C)c(I)c(NC)n1. The standard InChI is InChI=1S/C12H16IN5/c1-4-5-18-7-15-6-9(18)11-16-8(2)10(13)12(14-3)17-11/h6-7H,4-5H2,1-3H3,(H,14,16,17). The van der Waals surface area contributed by atoms with Gasteiger partial charge in [-0.25, -0.2) is 15.0 Å². The average Bonchev–Trinajstić information content (AvgIpc) is 2.81. The van der Waals surface area contributed by atoms with E-state index in [1.165, 1.54) is 0 Å². The number of imidazole rings is 1. The van der Waals surface area contributed by atoms with E-state index in [-0.39, 0.29) is 0 Å². The van der Waals surface area contributed by atoms with Gasteiger partial charge < -0.3 is 9.88 Å². The largest absolute Gasteiger partial charge is 0.372 e. The monoisotopic (exact) mass is 357 g/mol. The highest BCUT2D eigenvalue weighted by Crippen LogP contribution is 2.23. The maximum atomic E-state index is 4.55. The molecule has 0 spiro atoms. The Labute approximate surface area is 120 Å². The molecule has 1 N–H and O–H groups in total. The Balaban J connectivity index is 2.50. The van der Waals surface area contributed by atoms with Gasteiger partial charge in [0.2, 0.25) is 0 Å². The third-order valence-electron chi connectivity index (χ3n) is 2.66. The first-order valence-corrected chi connectivity index (χ1v) is 6.97. The van der Waals surface area contributed by atoms with Gasteiger partial charge in [0.15, 0.2) is 5.82 Å². The molecule has 0 saturated carbocycles. The summed E-state index contributed by atoms with van der Waals surface area (Å²) in [7, 11) is 1.87. The van der Waals surface area contributed by atoms with Gasteiger partial charge in [0.05, 0.1) is 21.8 Å². The molecule has 2 rings (SSSR count). The fourth-order valence-electron chi connectivity index (χ4n) is 1.77. The van der Waals surface area contributed by atoms with Crippen LogP contribution in [0, 0.1) is 10.5 Å². The Kier molecular flexibility index (Phi) is 4.15. The average molecular weight is 357 g/mol. The van der Waals surface area contributed by atoms with Crippen molar-refractivity contribution in [3.63, 3.8) is 0 Å². The van der Waals surface area contributed by atoms with E-state index in [1.54, 1.807) is 0 Å². The summed E-state index contributed by atoms with van der Waals surface area (Å²) in [4.78, 5) is 13.3. The second kappa shape index (κ2) is 5.64. The summed E-state index contributed by atoms with van der Waals surface area (Å²) in [6.45, 7) is 5.07. The van der Waals surface area contributed by atoms with Gasteiger partial charge in [0.1, 0.15) is 11.5 Å². The van der Waals surface area contributed by atoms with Gasteiger partial charge in [0.25, 0.3) is 0 Å². The number of nitrogens with one attached hydrogen (secondary N) is 1. The Morgan fingerprint density at radius 2 is 2.17 bits per heavy atom. The molecule has 0 fully saturated rings. The van der Waals surface area contributed by atoms with Crippen molar-refractivity contribution in [1.29, 1.82) is 0 Å². The normalized spacial score (nSPS) is 10.7. The molecule has 0 bridgehead atoms. The van der Waals surface area contributed by atoms with Crippen molar-refractivity contribution >= 4 is 28.4 Å². The highest BCUT2D eigenvalue weighted by Gasteiger charge is 2.12. The van der Waals surface area contributed by atoms with Crippen LogP contribution in [0.3, 0.4) is 0 Å². The van der Waals surface area contributed by atoms with Gasteiger partial charge in [-0.05, 0) is 35.9 Å². The zero-order valence-corrected chi connectivity index (χ0v) is 12.9. The van der Waals surface area contributed by atoms with Gasteiger partial charge >= 0.3 is 0 Å². The van der Waals surface area contributed by atoms with E-state index in [4.69, 9.17) is 0 Å². The third-order valence-corrected chi connectivity index (χ3v) is 3.95. The second-order valence-corrected chi connectivity index (χ2v) is 5.10. The summed E-state index contributed by atoms with van der Waals surface area (Å²) in [5.74, 6) is 1.59. The Bertz CT molecular complexity index is 549. The van der Waals surface area contributed by atoms with Gasteiger partial charge in [-0.3, -0.25) is 0 Å². The van der Waals surface area contributed by atoms with Gasteiger partial charge in [-0.2, -0.15) is 0 Å². The molecule has 0 aliphatic rings. The third kappa shape index (κ3) is 2.47. The number of nitrogens with zero attached hydrogens (tertiary/aromatic N) is 4. The molecule has 0 amide bonds. The van der Waals surface area contributed by atoms with Crippen LogP contribution in [0.25, 0.3) is 11.5 Å². The summed E-state index contributed by atoms with van der Waals surface area (Å²) < 4.78 is 3.14. The molecule has 6 heteroatoms. The van der Waals surface area contributed by atoms with Crippen LogP contribution in [0.4, 0.5) is 5.82 Å². The molecule has 96 valence electrons. The van der Waals surface area contributed by atoms with Crippen molar-refractivity contribution in [2.75, 3.05) is 12.4 Å². The van der Waals surface area contributed by atoms with Crippen LogP contribution in [0.5, 0.6) is 0 Å². The molecule has 2 heterocycles. The highest BCUT2D eigenvalue weighted by molar-refractivity contribution is 14.1. The van der Waals surface area contributed by atoms with Crippen molar-refractivity contribution in [2.24, 2.45) is 0 Å². The number of aromatic nitrogens is 4. The Morgan fingerprint density at radius 3 is 2.83 bits per heavy atom. The van der Waals surface area contributed by atoms with Crippen molar-refractivity contribution in [3.05, 3.63) is 21.8 Å². The fraction of sp³-hybridized carbons (Fsp3) is 0.417. The first kappa shape index (κ1) is 13.3. The van der Waals surface area contributed by atoms with Crippen LogP contribution in [-0.2, 0) is 6.54 Å². The summed E-state index contributed by atoms with van der Waals surface area (Å²) in [6, 6.07) is 0. The first-order valence-electron chi connectivity index (χ1n) is 5.89.